The second-order valence-corrected chi connectivity index (χ2v) is 12.7. The molecule has 2 aliphatic rings. The summed E-state index contributed by atoms with van der Waals surface area (Å²) in [7, 11) is -0.287. The fourth-order valence-corrected chi connectivity index (χ4v) is 5.92. The van der Waals surface area contributed by atoms with Crippen molar-refractivity contribution in [1.29, 1.82) is 0 Å². The van der Waals surface area contributed by atoms with Gasteiger partial charge in [0, 0.05) is 24.2 Å². The van der Waals surface area contributed by atoms with Crippen LogP contribution in [-0.2, 0) is 24.3 Å². The molecule has 0 bridgehead atoms. The number of hydrogen-bond donors (Lipinski definition) is 2. The summed E-state index contributed by atoms with van der Waals surface area (Å²) in [6.07, 6.45) is -0.973. The normalized spacial score (nSPS) is 16.5. The molecule has 0 unspecified atom stereocenters. The molecule has 3 aromatic rings. The van der Waals surface area contributed by atoms with Crippen LogP contribution >= 0.6 is 0 Å². The van der Waals surface area contributed by atoms with Crippen molar-refractivity contribution in [2.45, 2.75) is 56.0 Å². The second kappa shape index (κ2) is 13.0. The average molecular weight is 645 g/mol. The van der Waals surface area contributed by atoms with E-state index >= 15 is 0 Å². The van der Waals surface area contributed by atoms with E-state index in [-0.39, 0.29) is 48.6 Å². The third kappa shape index (κ3) is 8.00. The summed E-state index contributed by atoms with van der Waals surface area (Å²) >= 11 is 0. The molecule has 5 rings (SSSR count). The number of aryl methyl sites for hydroxylation is 1. The van der Waals surface area contributed by atoms with Gasteiger partial charge in [-0.2, -0.15) is 22.6 Å². The van der Waals surface area contributed by atoms with Crippen molar-refractivity contribution in [3.63, 3.8) is 0 Å². The molecule has 240 valence electrons. The number of nitrogens with one attached hydrogen (secondary N) is 1. The Morgan fingerprint density at radius 1 is 1.14 bits per heavy atom. The van der Waals surface area contributed by atoms with Gasteiger partial charge < -0.3 is 15.2 Å². The van der Waals surface area contributed by atoms with Gasteiger partial charge in [-0.05, 0) is 76.5 Å². The molecule has 2 fully saturated rings. The average Bonchev–Trinajstić information content (AvgIpc) is 3.72. The Balaban J connectivity index is 0.000000566. The molecule has 0 atom stereocenters. The Kier molecular flexibility index (Phi) is 9.80. The van der Waals surface area contributed by atoms with Crippen LogP contribution in [0.25, 0.3) is 10.9 Å². The number of esters is 1. The number of carboxylic acid groups (broad SMARTS) is 1. The molecule has 1 saturated heterocycles. The molecule has 12 nitrogen and oxygen atoms in total. The van der Waals surface area contributed by atoms with Crippen LogP contribution in [0.15, 0.2) is 35.5 Å². The van der Waals surface area contributed by atoms with Gasteiger partial charge in [-0.15, -0.1) is 0 Å². The van der Waals surface area contributed by atoms with Crippen LogP contribution in [0.2, 0.25) is 0 Å². The highest BCUT2D eigenvalue weighted by Gasteiger charge is 2.38. The van der Waals surface area contributed by atoms with Gasteiger partial charge in [-0.3, -0.25) is 14.4 Å². The smallest absolute Gasteiger partial charge is 0.475 e. The van der Waals surface area contributed by atoms with Crippen molar-refractivity contribution < 1.29 is 45.4 Å². The van der Waals surface area contributed by atoms with Crippen molar-refractivity contribution in [1.82, 2.24) is 24.0 Å². The first-order valence-corrected chi connectivity index (χ1v) is 15.1. The Bertz CT molecular complexity index is 1630. The van der Waals surface area contributed by atoms with Gasteiger partial charge in [0.2, 0.25) is 0 Å². The molecular weight excluding hydrogens is 612 g/mol. The van der Waals surface area contributed by atoms with Crippen molar-refractivity contribution in [2.75, 3.05) is 39.0 Å². The first-order valence-electron chi connectivity index (χ1n) is 13.6. The van der Waals surface area contributed by atoms with E-state index in [0.29, 0.717) is 35.3 Å². The second-order valence-electron chi connectivity index (χ2n) is 10.8. The highest BCUT2D eigenvalue weighted by Crippen LogP contribution is 2.39. The van der Waals surface area contributed by atoms with Gasteiger partial charge in [0.15, 0.2) is 10.8 Å². The van der Waals surface area contributed by atoms with Crippen LogP contribution in [0.3, 0.4) is 0 Å². The van der Waals surface area contributed by atoms with E-state index in [1.54, 1.807) is 50.3 Å². The molecule has 0 radical (unpaired) electrons. The van der Waals surface area contributed by atoms with Gasteiger partial charge in [-0.25, -0.2) is 22.6 Å². The predicted octanol–water partition coefficient (Wildman–Crippen LogP) is 3.85. The lowest BCUT2D eigenvalue weighted by Crippen LogP contribution is -2.42. The number of aromatic nitrogens is 3. The maximum Gasteiger partial charge on any atom is 0.490 e. The number of likely N-dealkylation sites (N-methyl/N-ethyl adjacent to an activating group) is 1. The first kappa shape index (κ1) is 33.1. The number of fused-ring (bicyclic) bond motifs is 1. The SMILES string of the molecule is Cc1cc(Nc2nn(C3CC3)c3cnc(S(=O)(=O)N4CCC(OC(=O)CN(C)C)CC4)cc23)ccc1F.O=C(O)C(F)(F)F. The highest BCUT2D eigenvalue weighted by molar-refractivity contribution is 7.89. The van der Waals surface area contributed by atoms with Crippen LogP contribution in [0, 0.1) is 12.7 Å². The van der Waals surface area contributed by atoms with Crippen molar-refractivity contribution in [3.8, 4) is 0 Å². The third-order valence-corrected chi connectivity index (χ3v) is 8.67. The Labute approximate surface area is 250 Å². The number of halogens is 4. The number of aliphatic carboxylic acids is 1. The fraction of sp³-hybridized carbons (Fsp3) is 0.481. The molecule has 2 aromatic heterocycles. The number of piperidine rings is 1. The minimum Gasteiger partial charge on any atom is -0.475 e. The fourth-order valence-electron chi connectivity index (χ4n) is 4.51. The molecule has 1 aliphatic carbocycles. The zero-order valence-corrected chi connectivity index (χ0v) is 25.0. The summed E-state index contributed by atoms with van der Waals surface area (Å²) in [5, 5.41) is 15.6. The Hall–Kier alpha value is -3.83. The molecule has 1 aliphatic heterocycles. The monoisotopic (exact) mass is 644 g/mol. The van der Waals surface area contributed by atoms with E-state index in [9.17, 15) is 30.8 Å². The van der Waals surface area contributed by atoms with Gasteiger partial charge >= 0.3 is 18.1 Å². The van der Waals surface area contributed by atoms with E-state index in [4.69, 9.17) is 19.7 Å². The third-order valence-electron chi connectivity index (χ3n) is 6.87. The molecule has 1 aromatic carbocycles. The summed E-state index contributed by atoms with van der Waals surface area (Å²) in [6.45, 7) is 2.35. The van der Waals surface area contributed by atoms with Crippen molar-refractivity contribution in [2.24, 2.45) is 0 Å². The predicted molar refractivity (Wildman–Crippen MR) is 150 cm³/mol. The van der Waals surface area contributed by atoms with Gasteiger partial charge in [-0.1, -0.05) is 0 Å². The quantitative estimate of drug-likeness (QED) is 0.274. The number of pyridine rings is 1. The Morgan fingerprint density at radius 2 is 1.77 bits per heavy atom. The first-order chi connectivity index (χ1) is 20.6. The molecule has 44 heavy (non-hydrogen) atoms. The van der Waals surface area contributed by atoms with E-state index in [1.807, 2.05) is 4.68 Å². The minimum atomic E-state index is -5.08. The summed E-state index contributed by atoms with van der Waals surface area (Å²) in [5.41, 5.74) is 1.90. The number of sulfonamides is 1. The molecule has 1 saturated carbocycles. The van der Waals surface area contributed by atoms with E-state index in [1.165, 1.54) is 10.4 Å². The number of ether oxygens (including phenoxy) is 1. The van der Waals surface area contributed by atoms with Crippen LogP contribution in [0.1, 0.15) is 37.3 Å². The maximum absolute atomic E-state index is 13.8. The van der Waals surface area contributed by atoms with Gasteiger partial charge in [0.25, 0.3) is 10.0 Å². The zero-order valence-electron chi connectivity index (χ0n) is 24.1. The van der Waals surface area contributed by atoms with E-state index in [0.717, 1.165) is 18.4 Å². The molecule has 2 N–H and O–H groups in total. The number of alkyl halides is 3. The van der Waals surface area contributed by atoms with Crippen LogP contribution in [-0.4, -0.2) is 95.4 Å². The number of carbonyl (C=O) groups excluding carboxylic acids is 1. The number of benzene rings is 1. The van der Waals surface area contributed by atoms with Gasteiger partial charge in [0.05, 0.1) is 24.3 Å². The molecular formula is C27H32F4N6O6S. The number of carbonyl (C=O) groups is 2. The molecule has 3 heterocycles. The van der Waals surface area contributed by atoms with Crippen LogP contribution in [0.4, 0.5) is 29.1 Å². The van der Waals surface area contributed by atoms with Crippen molar-refractivity contribution in [3.05, 3.63) is 41.8 Å². The number of rotatable bonds is 8. The minimum absolute atomic E-state index is 0.0586. The number of carboxylic acids is 1. The summed E-state index contributed by atoms with van der Waals surface area (Å²) in [5.74, 6) is -2.87. The van der Waals surface area contributed by atoms with Gasteiger partial charge in [0.1, 0.15) is 11.9 Å². The topological polar surface area (TPSA) is 147 Å². The van der Waals surface area contributed by atoms with E-state index < -0.39 is 22.2 Å². The number of anilines is 2. The van der Waals surface area contributed by atoms with Crippen LogP contribution < -0.4 is 5.32 Å². The molecule has 0 amide bonds. The lowest BCUT2D eigenvalue weighted by molar-refractivity contribution is -0.192. The highest BCUT2D eigenvalue weighted by atomic mass is 32.2. The lowest BCUT2D eigenvalue weighted by atomic mass is 10.1. The summed E-state index contributed by atoms with van der Waals surface area (Å²) in [6, 6.07) is 6.51. The maximum atomic E-state index is 13.8. The molecule has 17 heteroatoms. The van der Waals surface area contributed by atoms with Crippen LogP contribution in [0.5, 0.6) is 0 Å². The lowest BCUT2D eigenvalue weighted by Gasteiger charge is -2.30. The number of hydrogen-bond acceptors (Lipinski definition) is 9. The van der Waals surface area contributed by atoms with E-state index in [2.05, 4.69) is 10.3 Å². The van der Waals surface area contributed by atoms with Crippen molar-refractivity contribution >= 4 is 44.4 Å². The zero-order chi connectivity index (χ0) is 32.4. The molecule has 0 spiro atoms. The Morgan fingerprint density at radius 3 is 2.32 bits per heavy atom. The summed E-state index contributed by atoms with van der Waals surface area (Å²) in [4.78, 5) is 26.9. The largest absolute Gasteiger partial charge is 0.490 e. The number of nitrogens with zero attached hydrogens (tertiary/aromatic N) is 5. The standard InChI is InChI=1S/C25H31FN6O4S.C2HF3O2/c1-16-12-17(4-7-21(16)26)28-25-20-13-23(27-14-22(20)32(29-25)18-5-6-18)37(34,35)31-10-8-19(9-11-31)36-24(33)15-30(2)3;3-2(4,5)1(6)7/h4,7,12-14,18-19H,5-6,8-11,15H2,1-3H3,(H,28,29);(H,6,7). The summed E-state index contributed by atoms with van der Waals surface area (Å²) < 4.78 is 81.2.